The molecule has 0 saturated carbocycles. The van der Waals surface area contributed by atoms with E-state index in [1.807, 2.05) is 6.07 Å². The summed E-state index contributed by atoms with van der Waals surface area (Å²) in [6.07, 6.45) is -4.57. The number of fused-ring (bicyclic) bond motifs is 1. The van der Waals surface area contributed by atoms with E-state index in [2.05, 4.69) is 0 Å². The summed E-state index contributed by atoms with van der Waals surface area (Å²) in [5.74, 6) is -1.76. The van der Waals surface area contributed by atoms with Crippen molar-refractivity contribution in [3.05, 3.63) is 36.4 Å². The third-order valence-electron chi connectivity index (χ3n) is 4.62. The summed E-state index contributed by atoms with van der Waals surface area (Å²) in [5, 5.41) is 1.39. The molecule has 2 aromatic carbocycles. The fourth-order valence-electron chi connectivity index (χ4n) is 3.49. The van der Waals surface area contributed by atoms with Crippen molar-refractivity contribution in [2.24, 2.45) is 0 Å². The van der Waals surface area contributed by atoms with Crippen LogP contribution in [0.5, 0.6) is 11.5 Å². The number of carbonyl (C=O) groups excluding carboxylic acids is 4. The van der Waals surface area contributed by atoms with Crippen LogP contribution in [0.4, 0.5) is 0 Å². The Balaban J connectivity index is 1.95. The molecule has 1 aliphatic rings. The van der Waals surface area contributed by atoms with Crippen molar-refractivity contribution in [3.8, 4) is 11.5 Å². The first kappa shape index (κ1) is 24.0. The van der Waals surface area contributed by atoms with Crippen LogP contribution in [0.15, 0.2) is 36.4 Å². The van der Waals surface area contributed by atoms with Crippen LogP contribution in [0, 0.1) is 0 Å². The molecule has 176 valence electrons. The van der Waals surface area contributed by atoms with Gasteiger partial charge in [0.25, 0.3) is 0 Å². The Morgan fingerprint density at radius 1 is 0.818 bits per heavy atom. The van der Waals surface area contributed by atoms with E-state index in [0.717, 1.165) is 5.39 Å². The molecular formula is C23H24O10. The second-order valence-corrected chi connectivity index (χ2v) is 7.35. The molecule has 1 heterocycles. The summed E-state index contributed by atoms with van der Waals surface area (Å²) >= 11 is 0. The van der Waals surface area contributed by atoms with Gasteiger partial charge in [-0.3, -0.25) is 19.2 Å². The Kier molecular flexibility index (Phi) is 7.49. The molecule has 0 unspecified atom stereocenters. The SMILES string of the molecule is CC(=O)Oc1ccc2cccc(O[C@@H]3OC[C@@H](OC(C)=O)[C@H](OC(C)=O)[C@H]3OC(C)=O)c2c1. The van der Waals surface area contributed by atoms with Gasteiger partial charge in [-0.05, 0) is 23.6 Å². The summed E-state index contributed by atoms with van der Waals surface area (Å²) in [5.41, 5.74) is 0. The second-order valence-electron chi connectivity index (χ2n) is 7.35. The van der Waals surface area contributed by atoms with E-state index in [0.29, 0.717) is 16.9 Å². The van der Waals surface area contributed by atoms with Crippen molar-refractivity contribution in [1.29, 1.82) is 0 Å². The number of ether oxygens (including phenoxy) is 6. The minimum atomic E-state index is -1.23. The van der Waals surface area contributed by atoms with E-state index in [4.69, 9.17) is 28.4 Å². The van der Waals surface area contributed by atoms with E-state index in [9.17, 15) is 19.2 Å². The van der Waals surface area contributed by atoms with Crippen LogP contribution in [0.25, 0.3) is 10.8 Å². The van der Waals surface area contributed by atoms with Crippen LogP contribution in [-0.4, -0.2) is 55.1 Å². The minimum Gasteiger partial charge on any atom is -0.460 e. The van der Waals surface area contributed by atoms with Gasteiger partial charge in [-0.15, -0.1) is 0 Å². The van der Waals surface area contributed by atoms with Crippen LogP contribution >= 0.6 is 0 Å². The molecule has 10 heteroatoms. The maximum absolute atomic E-state index is 11.8. The van der Waals surface area contributed by atoms with E-state index in [1.165, 1.54) is 27.7 Å². The van der Waals surface area contributed by atoms with Crippen LogP contribution in [-0.2, 0) is 38.1 Å². The number of esters is 4. The molecule has 0 radical (unpaired) electrons. The van der Waals surface area contributed by atoms with Crippen LogP contribution in [0.1, 0.15) is 27.7 Å². The molecule has 3 rings (SSSR count). The van der Waals surface area contributed by atoms with Crippen molar-refractivity contribution in [2.45, 2.75) is 52.3 Å². The number of hydrogen-bond acceptors (Lipinski definition) is 10. The Morgan fingerprint density at radius 2 is 1.48 bits per heavy atom. The maximum Gasteiger partial charge on any atom is 0.308 e. The molecule has 33 heavy (non-hydrogen) atoms. The Morgan fingerprint density at radius 3 is 2.12 bits per heavy atom. The van der Waals surface area contributed by atoms with Crippen molar-refractivity contribution >= 4 is 34.6 Å². The molecule has 1 aliphatic heterocycles. The molecule has 0 spiro atoms. The Labute approximate surface area is 189 Å². The smallest absolute Gasteiger partial charge is 0.308 e. The summed E-state index contributed by atoms with van der Waals surface area (Å²) in [4.78, 5) is 46.3. The van der Waals surface area contributed by atoms with Crippen molar-refractivity contribution in [3.63, 3.8) is 0 Å². The number of carbonyl (C=O) groups is 4. The maximum atomic E-state index is 11.8. The first-order chi connectivity index (χ1) is 15.6. The molecule has 0 N–H and O–H groups in total. The van der Waals surface area contributed by atoms with Gasteiger partial charge in [-0.2, -0.15) is 0 Å². The lowest BCUT2D eigenvalue weighted by molar-refractivity contribution is -0.259. The quantitative estimate of drug-likeness (QED) is 0.360. The van der Waals surface area contributed by atoms with Gasteiger partial charge >= 0.3 is 23.9 Å². The highest BCUT2D eigenvalue weighted by molar-refractivity contribution is 5.90. The van der Waals surface area contributed by atoms with Crippen molar-refractivity contribution in [2.75, 3.05) is 6.61 Å². The van der Waals surface area contributed by atoms with Gasteiger partial charge < -0.3 is 28.4 Å². The Hall–Kier alpha value is -3.66. The fourth-order valence-corrected chi connectivity index (χ4v) is 3.49. The van der Waals surface area contributed by atoms with E-state index < -0.39 is 48.5 Å². The van der Waals surface area contributed by atoms with E-state index in [-0.39, 0.29) is 6.61 Å². The van der Waals surface area contributed by atoms with Crippen molar-refractivity contribution in [1.82, 2.24) is 0 Å². The third kappa shape index (κ3) is 6.19. The molecule has 1 saturated heterocycles. The lowest BCUT2D eigenvalue weighted by Crippen LogP contribution is -2.59. The van der Waals surface area contributed by atoms with Gasteiger partial charge in [0.2, 0.25) is 12.4 Å². The highest BCUT2D eigenvalue weighted by Crippen LogP contribution is 2.33. The number of rotatable bonds is 6. The summed E-state index contributed by atoms with van der Waals surface area (Å²) in [7, 11) is 0. The summed E-state index contributed by atoms with van der Waals surface area (Å²) < 4.78 is 32.8. The van der Waals surface area contributed by atoms with E-state index in [1.54, 1.807) is 30.3 Å². The normalized spacial score (nSPS) is 22.2. The fraction of sp³-hybridized carbons (Fsp3) is 0.391. The van der Waals surface area contributed by atoms with Gasteiger partial charge in [0, 0.05) is 33.1 Å². The predicted octanol–water partition coefficient (Wildman–Crippen LogP) is 2.30. The minimum absolute atomic E-state index is 0.163. The Bertz CT molecular complexity index is 1060. The van der Waals surface area contributed by atoms with Crippen LogP contribution in [0.3, 0.4) is 0 Å². The molecule has 10 nitrogen and oxygen atoms in total. The molecule has 0 amide bonds. The highest BCUT2D eigenvalue weighted by Gasteiger charge is 2.48. The second kappa shape index (κ2) is 10.3. The average molecular weight is 460 g/mol. The van der Waals surface area contributed by atoms with E-state index >= 15 is 0 Å². The highest BCUT2D eigenvalue weighted by atomic mass is 16.7. The van der Waals surface area contributed by atoms with Gasteiger partial charge in [0.05, 0.1) is 6.61 Å². The summed E-state index contributed by atoms with van der Waals surface area (Å²) in [6, 6.07) is 10.3. The van der Waals surface area contributed by atoms with Crippen molar-refractivity contribution < 1.29 is 47.6 Å². The zero-order valence-corrected chi connectivity index (χ0v) is 18.6. The first-order valence-electron chi connectivity index (χ1n) is 10.1. The predicted molar refractivity (Wildman–Crippen MR) is 112 cm³/mol. The largest absolute Gasteiger partial charge is 0.460 e. The van der Waals surface area contributed by atoms with Gasteiger partial charge in [-0.25, -0.2) is 0 Å². The summed E-state index contributed by atoms with van der Waals surface area (Å²) in [6.45, 7) is 4.69. The molecule has 0 bridgehead atoms. The molecule has 0 aromatic heterocycles. The topological polar surface area (TPSA) is 124 Å². The molecule has 4 atom stereocenters. The van der Waals surface area contributed by atoms with Crippen LogP contribution < -0.4 is 9.47 Å². The standard InChI is InChI=1S/C23H24O10/c1-12(24)29-17-9-8-16-6-5-7-19(18(16)10-17)33-23-22(32-15(4)27)21(31-14(3)26)20(11-28-23)30-13(2)25/h5-10,20-23H,11H2,1-4H3/t20-,21+,22-,23+/m1/s1. The first-order valence-corrected chi connectivity index (χ1v) is 10.1. The molecule has 0 aliphatic carbocycles. The lowest BCUT2D eigenvalue weighted by Gasteiger charge is -2.40. The lowest BCUT2D eigenvalue weighted by atomic mass is 10.0. The zero-order chi connectivity index (χ0) is 24.1. The van der Waals surface area contributed by atoms with Gasteiger partial charge in [0.1, 0.15) is 11.5 Å². The number of hydrogen-bond donors (Lipinski definition) is 0. The average Bonchev–Trinajstić information content (AvgIpc) is 2.71. The molecule has 2 aromatic rings. The third-order valence-corrected chi connectivity index (χ3v) is 4.62. The van der Waals surface area contributed by atoms with Gasteiger partial charge in [-0.1, -0.05) is 18.2 Å². The van der Waals surface area contributed by atoms with Crippen LogP contribution in [0.2, 0.25) is 0 Å². The van der Waals surface area contributed by atoms with Gasteiger partial charge in [0.15, 0.2) is 12.2 Å². The molecule has 1 fully saturated rings. The number of benzene rings is 2. The zero-order valence-electron chi connectivity index (χ0n) is 18.6. The monoisotopic (exact) mass is 460 g/mol. The molecular weight excluding hydrogens is 436 g/mol.